The molecule has 0 fully saturated rings. The van der Waals surface area contributed by atoms with E-state index in [1.807, 2.05) is 55.5 Å². The average molecular weight is 430 g/mol. The van der Waals surface area contributed by atoms with Crippen molar-refractivity contribution in [3.63, 3.8) is 0 Å². The lowest BCUT2D eigenvalue weighted by atomic mass is 10.1. The topological polar surface area (TPSA) is 92.9 Å². The zero-order valence-corrected chi connectivity index (χ0v) is 18.4. The average Bonchev–Trinajstić information content (AvgIpc) is 2.79. The molecule has 0 bridgehead atoms. The first-order valence-electron chi connectivity index (χ1n) is 11.0. The Morgan fingerprint density at radius 3 is 2.53 bits per heavy atom. The largest absolute Gasteiger partial charge is 0.422 e. The summed E-state index contributed by atoms with van der Waals surface area (Å²) in [5, 5.41) is 7.30. The predicted octanol–water partition coefficient (Wildman–Crippen LogP) is 5.69. The summed E-state index contributed by atoms with van der Waals surface area (Å²) < 4.78 is 5.60. The molecular formula is C25H27N5O2. The number of nitrogens with one attached hydrogen (secondary N) is 2. The quantitative estimate of drug-likeness (QED) is 0.261. The van der Waals surface area contributed by atoms with Gasteiger partial charge in [-0.05, 0) is 37.1 Å². The Balaban J connectivity index is 1.52. The van der Waals surface area contributed by atoms with Gasteiger partial charge in [-0.25, -0.2) is 4.79 Å². The summed E-state index contributed by atoms with van der Waals surface area (Å²) in [6.45, 7) is 4.86. The third kappa shape index (κ3) is 5.29. The number of aromatic nitrogens is 3. The first-order chi connectivity index (χ1) is 15.6. The van der Waals surface area contributed by atoms with Gasteiger partial charge in [0.25, 0.3) is 0 Å². The Morgan fingerprint density at radius 1 is 0.906 bits per heavy atom. The maximum Gasteiger partial charge on any atom is 0.344 e. The smallest absolute Gasteiger partial charge is 0.344 e. The number of hydrogen-bond acceptors (Lipinski definition) is 7. The van der Waals surface area contributed by atoms with Crippen molar-refractivity contribution in [2.45, 2.75) is 39.5 Å². The number of aryl methyl sites for hydroxylation is 1. The van der Waals surface area contributed by atoms with Crippen molar-refractivity contribution in [1.29, 1.82) is 0 Å². The van der Waals surface area contributed by atoms with Crippen molar-refractivity contribution in [3.05, 3.63) is 70.8 Å². The fraction of sp³-hybridized carbons (Fsp3) is 0.280. The Morgan fingerprint density at radius 2 is 1.72 bits per heavy atom. The van der Waals surface area contributed by atoms with Crippen molar-refractivity contribution in [2.24, 2.45) is 0 Å². The molecule has 2 aromatic carbocycles. The highest BCUT2D eigenvalue weighted by atomic mass is 16.4. The van der Waals surface area contributed by atoms with Crippen molar-refractivity contribution < 1.29 is 4.42 Å². The van der Waals surface area contributed by atoms with Gasteiger partial charge in [-0.3, -0.25) is 0 Å². The number of unbranched alkanes of at least 4 members (excludes halogenated alkanes) is 3. The highest BCUT2D eigenvalue weighted by molar-refractivity contribution is 5.84. The molecule has 32 heavy (non-hydrogen) atoms. The third-order valence-electron chi connectivity index (χ3n) is 5.14. The van der Waals surface area contributed by atoms with Gasteiger partial charge in [0.1, 0.15) is 11.4 Å². The molecule has 4 aromatic rings. The first-order valence-corrected chi connectivity index (χ1v) is 11.0. The monoisotopic (exact) mass is 429 g/mol. The Labute approximate surface area is 187 Å². The van der Waals surface area contributed by atoms with Crippen molar-refractivity contribution >= 4 is 28.6 Å². The summed E-state index contributed by atoms with van der Waals surface area (Å²) in [7, 11) is 0. The predicted molar refractivity (Wildman–Crippen MR) is 128 cm³/mol. The van der Waals surface area contributed by atoms with Gasteiger partial charge in [0.05, 0.1) is 5.56 Å². The Bertz CT molecular complexity index is 1250. The number of nitrogens with zero attached hydrogens (tertiary/aromatic N) is 3. The molecule has 7 nitrogen and oxygen atoms in total. The van der Waals surface area contributed by atoms with Crippen LogP contribution in [0.5, 0.6) is 0 Å². The van der Waals surface area contributed by atoms with E-state index in [-0.39, 0.29) is 5.63 Å². The molecule has 0 unspecified atom stereocenters. The molecule has 0 amide bonds. The lowest BCUT2D eigenvalue weighted by Crippen LogP contribution is -2.09. The normalized spacial score (nSPS) is 10.9. The van der Waals surface area contributed by atoms with Crippen LogP contribution in [0, 0.1) is 6.92 Å². The van der Waals surface area contributed by atoms with E-state index in [9.17, 15) is 4.79 Å². The van der Waals surface area contributed by atoms with Gasteiger partial charge in [0.15, 0.2) is 0 Å². The summed E-state index contributed by atoms with van der Waals surface area (Å²) >= 11 is 0. The van der Waals surface area contributed by atoms with Crippen LogP contribution in [-0.4, -0.2) is 21.5 Å². The van der Waals surface area contributed by atoms with E-state index < -0.39 is 0 Å². The van der Waals surface area contributed by atoms with Gasteiger partial charge in [-0.1, -0.05) is 56.5 Å². The van der Waals surface area contributed by atoms with Crippen LogP contribution in [0.1, 0.15) is 38.4 Å². The second-order valence-corrected chi connectivity index (χ2v) is 7.71. The van der Waals surface area contributed by atoms with E-state index >= 15 is 0 Å². The molecule has 0 radical (unpaired) electrons. The van der Waals surface area contributed by atoms with Gasteiger partial charge in [0, 0.05) is 23.7 Å². The van der Waals surface area contributed by atoms with E-state index in [1.54, 1.807) is 6.07 Å². The highest BCUT2D eigenvalue weighted by Gasteiger charge is 2.09. The molecule has 0 saturated heterocycles. The van der Waals surface area contributed by atoms with Gasteiger partial charge >= 0.3 is 5.63 Å². The minimum absolute atomic E-state index is 0.369. The molecule has 0 aliphatic carbocycles. The molecule has 0 aliphatic heterocycles. The molecule has 0 spiro atoms. The van der Waals surface area contributed by atoms with Gasteiger partial charge in [-0.15, -0.1) is 0 Å². The molecule has 164 valence electrons. The van der Waals surface area contributed by atoms with Crippen LogP contribution in [0.4, 0.5) is 17.6 Å². The molecule has 2 aromatic heterocycles. The maximum absolute atomic E-state index is 12.5. The molecule has 0 saturated carbocycles. The van der Waals surface area contributed by atoms with E-state index in [0.717, 1.165) is 29.6 Å². The lowest BCUT2D eigenvalue weighted by Gasteiger charge is -2.10. The zero-order chi connectivity index (χ0) is 22.3. The second-order valence-electron chi connectivity index (χ2n) is 7.71. The summed E-state index contributed by atoms with van der Waals surface area (Å²) in [5.74, 6) is 1.62. The minimum Gasteiger partial charge on any atom is -0.422 e. The molecule has 0 atom stereocenters. The van der Waals surface area contributed by atoms with E-state index in [1.165, 1.54) is 19.3 Å². The number of fused-ring (bicyclic) bond motifs is 1. The van der Waals surface area contributed by atoms with Crippen LogP contribution in [0.15, 0.2) is 63.8 Å². The summed E-state index contributed by atoms with van der Waals surface area (Å²) in [6, 6.07) is 17.0. The Kier molecular flexibility index (Phi) is 6.75. The third-order valence-corrected chi connectivity index (χ3v) is 5.14. The second kappa shape index (κ2) is 10.0. The summed E-state index contributed by atoms with van der Waals surface area (Å²) in [5.41, 5.74) is 2.24. The maximum atomic E-state index is 12.5. The number of anilines is 3. The van der Waals surface area contributed by atoms with Crippen LogP contribution in [-0.2, 0) is 0 Å². The first kappa shape index (κ1) is 21.5. The van der Waals surface area contributed by atoms with Crippen LogP contribution in [0.25, 0.3) is 22.1 Å². The molecular weight excluding hydrogens is 402 g/mol. The van der Waals surface area contributed by atoms with Crippen molar-refractivity contribution in [2.75, 3.05) is 17.2 Å². The standard InChI is InChI=1S/C25H27N5O2/c1-3-4-5-9-14-26-24-27-17(2)28-25(30-24)29-20-13-12-19-15-21(18-10-7-6-8-11-18)23(31)32-22(19)16-20/h6-8,10-13,15-16H,3-5,9,14H2,1-2H3,(H2,26,27,28,29,30). The van der Waals surface area contributed by atoms with E-state index in [0.29, 0.717) is 28.9 Å². The van der Waals surface area contributed by atoms with Crippen LogP contribution >= 0.6 is 0 Å². The fourth-order valence-corrected chi connectivity index (χ4v) is 3.51. The SMILES string of the molecule is CCCCCCNc1nc(C)nc(Nc2ccc3cc(-c4ccccc4)c(=O)oc3c2)n1. The molecule has 0 aliphatic rings. The minimum atomic E-state index is -0.369. The molecule has 2 N–H and O–H groups in total. The molecule has 2 heterocycles. The highest BCUT2D eigenvalue weighted by Crippen LogP contribution is 2.24. The van der Waals surface area contributed by atoms with Gasteiger partial charge < -0.3 is 15.1 Å². The van der Waals surface area contributed by atoms with Gasteiger partial charge in [0.2, 0.25) is 11.9 Å². The molecule has 4 rings (SSSR count). The van der Waals surface area contributed by atoms with Crippen LogP contribution in [0.3, 0.4) is 0 Å². The molecule has 7 heteroatoms. The van der Waals surface area contributed by atoms with Crippen LogP contribution < -0.4 is 16.3 Å². The number of benzene rings is 2. The van der Waals surface area contributed by atoms with Crippen molar-refractivity contribution in [1.82, 2.24) is 15.0 Å². The van der Waals surface area contributed by atoms with Gasteiger partial charge in [-0.2, -0.15) is 15.0 Å². The van der Waals surface area contributed by atoms with Crippen LogP contribution in [0.2, 0.25) is 0 Å². The number of rotatable bonds is 9. The fourth-order valence-electron chi connectivity index (χ4n) is 3.51. The summed E-state index contributed by atoms with van der Waals surface area (Å²) in [6.07, 6.45) is 4.71. The summed E-state index contributed by atoms with van der Waals surface area (Å²) in [4.78, 5) is 25.7. The van der Waals surface area contributed by atoms with E-state index in [4.69, 9.17) is 4.42 Å². The number of hydrogen-bond donors (Lipinski definition) is 2. The zero-order valence-electron chi connectivity index (χ0n) is 18.4. The van der Waals surface area contributed by atoms with E-state index in [2.05, 4.69) is 32.5 Å². The Hall–Kier alpha value is -3.74. The lowest BCUT2D eigenvalue weighted by molar-refractivity contribution is 0.563. The van der Waals surface area contributed by atoms with Crippen molar-refractivity contribution in [3.8, 4) is 11.1 Å².